The Balaban J connectivity index is 3.17. The van der Waals surface area contributed by atoms with E-state index in [1.807, 2.05) is 0 Å². The zero-order valence-electron chi connectivity index (χ0n) is 12.9. The number of nitrogens with two attached hydrogens (primary N) is 1. The minimum absolute atomic E-state index is 0.518. The predicted octanol–water partition coefficient (Wildman–Crippen LogP) is 4.09. The molecule has 1 aromatic carbocycles. The van der Waals surface area contributed by atoms with Gasteiger partial charge in [0.25, 0.3) is 0 Å². The van der Waals surface area contributed by atoms with Crippen molar-refractivity contribution in [3.05, 3.63) is 34.9 Å². The van der Waals surface area contributed by atoms with Crippen molar-refractivity contribution in [2.45, 2.75) is 40.5 Å². The molecule has 0 atom stereocenters. The first kappa shape index (κ1) is 15.8. The standard InChI is InChI=1S/C17H27NO/c1-12(2)15(8-6-7-11-18)16-9-10-17(19-5)14(4)13(16)3/h8-10,12H,6-7,11,18H2,1-5H3/b15-8+. The van der Waals surface area contributed by atoms with Crippen molar-refractivity contribution in [1.82, 2.24) is 0 Å². The monoisotopic (exact) mass is 261 g/mol. The van der Waals surface area contributed by atoms with Crippen LogP contribution in [0.3, 0.4) is 0 Å². The van der Waals surface area contributed by atoms with E-state index in [0.717, 1.165) is 25.1 Å². The highest BCUT2D eigenvalue weighted by molar-refractivity contribution is 5.71. The van der Waals surface area contributed by atoms with E-state index in [4.69, 9.17) is 10.5 Å². The van der Waals surface area contributed by atoms with Gasteiger partial charge in [-0.15, -0.1) is 0 Å². The molecule has 0 spiro atoms. The molecule has 0 radical (unpaired) electrons. The summed E-state index contributed by atoms with van der Waals surface area (Å²) in [5, 5.41) is 0. The second kappa shape index (κ2) is 7.34. The molecule has 0 saturated heterocycles. The van der Waals surface area contributed by atoms with Crippen LogP contribution in [0, 0.1) is 19.8 Å². The summed E-state index contributed by atoms with van der Waals surface area (Å²) in [7, 11) is 1.72. The molecule has 1 aromatic rings. The van der Waals surface area contributed by atoms with Crippen molar-refractivity contribution in [3.63, 3.8) is 0 Å². The number of benzene rings is 1. The molecule has 0 bridgehead atoms. The molecule has 0 aliphatic heterocycles. The second-order valence-electron chi connectivity index (χ2n) is 5.31. The van der Waals surface area contributed by atoms with Gasteiger partial charge in [0.15, 0.2) is 0 Å². The van der Waals surface area contributed by atoms with Crippen LogP contribution < -0.4 is 10.5 Å². The van der Waals surface area contributed by atoms with Gasteiger partial charge >= 0.3 is 0 Å². The number of hydrogen-bond acceptors (Lipinski definition) is 2. The van der Waals surface area contributed by atoms with Gasteiger partial charge in [-0.2, -0.15) is 0 Å². The topological polar surface area (TPSA) is 35.2 Å². The summed E-state index contributed by atoms with van der Waals surface area (Å²) in [5.41, 5.74) is 10.9. The Kier molecular flexibility index (Phi) is 6.10. The van der Waals surface area contributed by atoms with E-state index in [1.165, 1.54) is 22.3 Å². The summed E-state index contributed by atoms with van der Waals surface area (Å²) >= 11 is 0. The maximum atomic E-state index is 5.58. The molecule has 0 unspecified atom stereocenters. The van der Waals surface area contributed by atoms with Gasteiger partial charge in [-0.05, 0) is 67.5 Å². The Hall–Kier alpha value is -1.28. The lowest BCUT2D eigenvalue weighted by molar-refractivity contribution is 0.411. The third-order valence-corrected chi connectivity index (χ3v) is 3.66. The molecule has 0 fully saturated rings. The van der Waals surface area contributed by atoms with Crippen molar-refractivity contribution in [2.75, 3.05) is 13.7 Å². The molecular weight excluding hydrogens is 234 g/mol. The molecule has 19 heavy (non-hydrogen) atoms. The van der Waals surface area contributed by atoms with E-state index in [1.54, 1.807) is 7.11 Å². The first-order chi connectivity index (χ1) is 9.02. The van der Waals surface area contributed by atoms with Crippen molar-refractivity contribution in [1.29, 1.82) is 0 Å². The third-order valence-electron chi connectivity index (χ3n) is 3.66. The van der Waals surface area contributed by atoms with Crippen LogP contribution in [0.5, 0.6) is 5.75 Å². The van der Waals surface area contributed by atoms with Crippen molar-refractivity contribution < 1.29 is 4.74 Å². The average Bonchev–Trinajstić information content (AvgIpc) is 2.38. The molecule has 0 aliphatic rings. The van der Waals surface area contributed by atoms with Gasteiger partial charge in [0.05, 0.1) is 7.11 Å². The first-order valence-corrected chi connectivity index (χ1v) is 7.07. The number of unbranched alkanes of at least 4 members (excludes halogenated alkanes) is 1. The maximum Gasteiger partial charge on any atom is 0.122 e. The average molecular weight is 261 g/mol. The smallest absolute Gasteiger partial charge is 0.122 e. The summed E-state index contributed by atoms with van der Waals surface area (Å²) in [5.74, 6) is 1.48. The van der Waals surface area contributed by atoms with Crippen LogP contribution in [-0.2, 0) is 0 Å². The highest BCUT2D eigenvalue weighted by Gasteiger charge is 2.12. The molecule has 0 saturated carbocycles. The normalized spacial score (nSPS) is 12.1. The summed E-state index contributed by atoms with van der Waals surface area (Å²) in [6, 6.07) is 4.24. The zero-order valence-corrected chi connectivity index (χ0v) is 12.9. The number of ether oxygens (including phenoxy) is 1. The van der Waals surface area contributed by atoms with E-state index in [0.29, 0.717) is 5.92 Å². The van der Waals surface area contributed by atoms with E-state index in [2.05, 4.69) is 45.9 Å². The Bertz CT molecular complexity index is 447. The molecular formula is C17H27NO. The van der Waals surface area contributed by atoms with Crippen LogP contribution in [0.25, 0.3) is 5.57 Å². The fraction of sp³-hybridized carbons (Fsp3) is 0.529. The van der Waals surface area contributed by atoms with Crippen LogP contribution >= 0.6 is 0 Å². The number of allylic oxidation sites excluding steroid dienone is 2. The van der Waals surface area contributed by atoms with Crippen LogP contribution in [0.15, 0.2) is 18.2 Å². The SMILES string of the molecule is COc1ccc(/C(=C/CCCN)C(C)C)c(C)c1C. The van der Waals surface area contributed by atoms with Gasteiger partial charge in [-0.1, -0.05) is 26.0 Å². The Morgan fingerprint density at radius 3 is 2.47 bits per heavy atom. The second-order valence-corrected chi connectivity index (χ2v) is 5.31. The molecule has 1 rings (SSSR count). The van der Waals surface area contributed by atoms with Crippen molar-refractivity contribution in [3.8, 4) is 5.75 Å². The van der Waals surface area contributed by atoms with Gasteiger partial charge in [0, 0.05) is 0 Å². The summed E-state index contributed by atoms with van der Waals surface area (Å²) < 4.78 is 5.38. The highest BCUT2D eigenvalue weighted by atomic mass is 16.5. The number of rotatable bonds is 6. The molecule has 0 aliphatic carbocycles. The zero-order chi connectivity index (χ0) is 14.4. The summed E-state index contributed by atoms with van der Waals surface area (Å²) in [6.07, 6.45) is 4.44. The van der Waals surface area contributed by atoms with Crippen molar-refractivity contribution in [2.24, 2.45) is 11.7 Å². The minimum Gasteiger partial charge on any atom is -0.496 e. The van der Waals surface area contributed by atoms with Gasteiger partial charge < -0.3 is 10.5 Å². The molecule has 0 heterocycles. The molecule has 0 aromatic heterocycles. The minimum atomic E-state index is 0.518. The molecule has 2 nitrogen and oxygen atoms in total. The van der Waals surface area contributed by atoms with Crippen molar-refractivity contribution >= 4 is 5.57 Å². The largest absolute Gasteiger partial charge is 0.496 e. The van der Waals surface area contributed by atoms with Crippen LogP contribution in [0.1, 0.15) is 43.4 Å². The fourth-order valence-electron chi connectivity index (χ4n) is 2.36. The lowest BCUT2D eigenvalue weighted by Crippen LogP contribution is -2.01. The molecule has 106 valence electrons. The first-order valence-electron chi connectivity index (χ1n) is 7.07. The quantitative estimate of drug-likeness (QED) is 0.783. The van der Waals surface area contributed by atoms with Crippen LogP contribution in [0.4, 0.5) is 0 Å². The Morgan fingerprint density at radius 1 is 1.26 bits per heavy atom. The molecule has 2 heteroatoms. The Morgan fingerprint density at radius 2 is 1.95 bits per heavy atom. The van der Waals surface area contributed by atoms with E-state index in [9.17, 15) is 0 Å². The molecule has 2 N–H and O–H groups in total. The van der Waals surface area contributed by atoms with Gasteiger partial charge in [0.2, 0.25) is 0 Å². The van der Waals surface area contributed by atoms with E-state index < -0.39 is 0 Å². The highest BCUT2D eigenvalue weighted by Crippen LogP contribution is 2.32. The lowest BCUT2D eigenvalue weighted by Gasteiger charge is -2.18. The lowest BCUT2D eigenvalue weighted by atomic mass is 9.89. The number of methoxy groups -OCH3 is 1. The molecule has 0 amide bonds. The maximum absolute atomic E-state index is 5.58. The van der Waals surface area contributed by atoms with E-state index >= 15 is 0 Å². The summed E-state index contributed by atoms with van der Waals surface area (Å²) in [4.78, 5) is 0. The fourth-order valence-corrected chi connectivity index (χ4v) is 2.36. The summed E-state index contributed by atoms with van der Waals surface area (Å²) in [6.45, 7) is 9.53. The predicted molar refractivity (Wildman–Crippen MR) is 83.6 cm³/mol. The van der Waals surface area contributed by atoms with Gasteiger partial charge in [-0.25, -0.2) is 0 Å². The van der Waals surface area contributed by atoms with Gasteiger partial charge in [-0.3, -0.25) is 0 Å². The van der Waals surface area contributed by atoms with Gasteiger partial charge in [0.1, 0.15) is 5.75 Å². The van der Waals surface area contributed by atoms with E-state index in [-0.39, 0.29) is 0 Å². The van der Waals surface area contributed by atoms with Crippen LogP contribution in [-0.4, -0.2) is 13.7 Å². The number of hydrogen-bond donors (Lipinski definition) is 1. The third kappa shape index (κ3) is 3.84. The Labute approximate surface area is 117 Å². The van der Waals surface area contributed by atoms with Crippen LogP contribution in [0.2, 0.25) is 0 Å².